The van der Waals surface area contributed by atoms with E-state index in [9.17, 15) is 4.79 Å². The molecular formula is C23H23NO2. The third-order valence-electron chi connectivity index (χ3n) is 4.22. The molecule has 3 nitrogen and oxygen atoms in total. The molecule has 0 aliphatic heterocycles. The van der Waals surface area contributed by atoms with Crippen LogP contribution in [0.25, 0.3) is 0 Å². The molecule has 0 spiro atoms. The number of nitrogens with one attached hydrogen (secondary N) is 1. The number of ether oxygens (including phenoxy) is 1. The minimum absolute atomic E-state index is 0.0186. The fraction of sp³-hybridized carbons (Fsp3) is 0.174. The van der Waals surface area contributed by atoms with Gasteiger partial charge in [-0.05, 0) is 30.2 Å². The van der Waals surface area contributed by atoms with Crippen molar-refractivity contribution in [1.82, 2.24) is 5.32 Å². The van der Waals surface area contributed by atoms with Gasteiger partial charge in [0.1, 0.15) is 12.4 Å². The molecule has 0 saturated carbocycles. The first-order valence-electron chi connectivity index (χ1n) is 8.81. The Kier molecular flexibility index (Phi) is 6.05. The first-order valence-corrected chi connectivity index (χ1v) is 8.81. The van der Waals surface area contributed by atoms with Crippen molar-refractivity contribution in [2.24, 2.45) is 0 Å². The zero-order valence-corrected chi connectivity index (χ0v) is 14.9. The lowest BCUT2D eigenvalue weighted by Gasteiger charge is -2.18. The molecule has 0 saturated heterocycles. The lowest BCUT2D eigenvalue weighted by Crippen LogP contribution is -2.33. The van der Waals surface area contributed by atoms with Crippen molar-refractivity contribution in [3.63, 3.8) is 0 Å². The van der Waals surface area contributed by atoms with Crippen molar-refractivity contribution >= 4 is 5.91 Å². The molecule has 26 heavy (non-hydrogen) atoms. The molecule has 3 heteroatoms. The summed E-state index contributed by atoms with van der Waals surface area (Å²) in [6.07, 6.45) is 0. The lowest BCUT2D eigenvalue weighted by atomic mass is 9.90. The first-order chi connectivity index (χ1) is 12.7. The fourth-order valence-corrected chi connectivity index (χ4v) is 2.87. The maximum absolute atomic E-state index is 12.8. The monoisotopic (exact) mass is 345 g/mol. The van der Waals surface area contributed by atoms with Gasteiger partial charge in [-0.3, -0.25) is 4.79 Å². The molecule has 0 heterocycles. The maximum atomic E-state index is 12.8. The third kappa shape index (κ3) is 4.73. The predicted octanol–water partition coefficient (Wildman–Crippen LogP) is 4.32. The minimum atomic E-state index is -0.322. The largest absolute Gasteiger partial charge is 0.492 e. The zero-order valence-electron chi connectivity index (χ0n) is 14.9. The number of rotatable bonds is 7. The Morgan fingerprint density at radius 1 is 0.846 bits per heavy atom. The van der Waals surface area contributed by atoms with Crippen LogP contribution in [0.5, 0.6) is 5.75 Å². The van der Waals surface area contributed by atoms with E-state index in [-0.39, 0.29) is 11.8 Å². The Labute approximate surface area is 154 Å². The molecule has 1 N–H and O–H groups in total. The molecule has 0 aromatic heterocycles. The van der Waals surface area contributed by atoms with Crippen molar-refractivity contribution in [1.29, 1.82) is 0 Å². The van der Waals surface area contributed by atoms with E-state index in [1.54, 1.807) is 0 Å². The van der Waals surface area contributed by atoms with Crippen molar-refractivity contribution in [3.8, 4) is 5.75 Å². The van der Waals surface area contributed by atoms with Crippen molar-refractivity contribution < 1.29 is 9.53 Å². The van der Waals surface area contributed by atoms with Crippen LogP contribution in [-0.4, -0.2) is 19.1 Å². The van der Waals surface area contributed by atoms with E-state index in [1.165, 1.54) is 5.56 Å². The van der Waals surface area contributed by atoms with Gasteiger partial charge in [0, 0.05) is 0 Å². The second-order valence-corrected chi connectivity index (χ2v) is 6.21. The summed E-state index contributed by atoms with van der Waals surface area (Å²) in [7, 11) is 0. The summed E-state index contributed by atoms with van der Waals surface area (Å²) in [5.74, 6) is 0.471. The zero-order chi connectivity index (χ0) is 18.2. The summed E-state index contributed by atoms with van der Waals surface area (Å²) in [6.45, 7) is 2.94. The number of aryl methyl sites for hydroxylation is 1. The third-order valence-corrected chi connectivity index (χ3v) is 4.22. The van der Waals surface area contributed by atoms with Gasteiger partial charge in [-0.2, -0.15) is 0 Å². The summed E-state index contributed by atoms with van der Waals surface area (Å²) < 4.78 is 5.69. The van der Waals surface area contributed by atoms with Crippen LogP contribution >= 0.6 is 0 Å². The van der Waals surface area contributed by atoms with E-state index < -0.39 is 0 Å². The number of carbonyl (C=O) groups is 1. The minimum Gasteiger partial charge on any atom is -0.492 e. The van der Waals surface area contributed by atoms with Crippen LogP contribution in [0.1, 0.15) is 22.6 Å². The summed E-state index contributed by atoms with van der Waals surface area (Å²) in [4.78, 5) is 12.8. The molecule has 0 aliphatic rings. The highest BCUT2D eigenvalue weighted by Crippen LogP contribution is 2.24. The lowest BCUT2D eigenvalue weighted by molar-refractivity contribution is -0.121. The number of amides is 1. The second kappa shape index (κ2) is 8.86. The van der Waals surface area contributed by atoms with E-state index in [0.29, 0.717) is 13.2 Å². The Balaban J connectivity index is 1.62. The Bertz CT molecular complexity index is 774. The van der Waals surface area contributed by atoms with Crippen LogP contribution in [-0.2, 0) is 4.79 Å². The molecule has 0 radical (unpaired) electrons. The van der Waals surface area contributed by atoms with Gasteiger partial charge < -0.3 is 10.1 Å². The van der Waals surface area contributed by atoms with E-state index in [2.05, 4.69) is 5.32 Å². The number of carbonyl (C=O) groups excluding carboxylic acids is 1. The quantitative estimate of drug-likeness (QED) is 0.648. The molecule has 0 fully saturated rings. The van der Waals surface area contributed by atoms with Gasteiger partial charge in [0.05, 0.1) is 12.5 Å². The molecule has 0 bridgehead atoms. The van der Waals surface area contributed by atoms with Gasteiger partial charge in [-0.25, -0.2) is 0 Å². The molecule has 0 atom stereocenters. The van der Waals surface area contributed by atoms with E-state index >= 15 is 0 Å². The van der Waals surface area contributed by atoms with E-state index in [4.69, 9.17) is 4.74 Å². The molecule has 132 valence electrons. The van der Waals surface area contributed by atoms with Crippen LogP contribution in [0.15, 0.2) is 84.9 Å². The summed E-state index contributed by atoms with van der Waals surface area (Å²) in [6, 6.07) is 27.6. The van der Waals surface area contributed by atoms with Gasteiger partial charge in [0.15, 0.2) is 0 Å². The second-order valence-electron chi connectivity index (χ2n) is 6.21. The highest BCUT2D eigenvalue weighted by Gasteiger charge is 2.21. The number of hydrogen-bond acceptors (Lipinski definition) is 2. The number of benzene rings is 3. The molecule has 1 amide bonds. The van der Waals surface area contributed by atoms with Gasteiger partial charge >= 0.3 is 0 Å². The maximum Gasteiger partial charge on any atom is 0.232 e. The van der Waals surface area contributed by atoms with Crippen molar-refractivity contribution in [2.75, 3.05) is 13.2 Å². The Morgan fingerprint density at radius 2 is 1.38 bits per heavy atom. The van der Waals surface area contributed by atoms with E-state index in [1.807, 2.05) is 91.9 Å². The fourth-order valence-electron chi connectivity index (χ4n) is 2.87. The molecular weight excluding hydrogens is 322 g/mol. The number of hydrogen-bond donors (Lipinski definition) is 1. The van der Waals surface area contributed by atoms with Gasteiger partial charge in [0.2, 0.25) is 5.91 Å². The predicted molar refractivity (Wildman–Crippen MR) is 104 cm³/mol. The van der Waals surface area contributed by atoms with Crippen molar-refractivity contribution in [2.45, 2.75) is 12.8 Å². The first kappa shape index (κ1) is 17.7. The molecule has 3 aromatic rings. The molecule has 3 aromatic carbocycles. The summed E-state index contributed by atoms with van der Waals surface area (Å²) >= 11 is 0. The summed E-state index contributed by atoms with van der Waals surface area (Å²) in [5, 5.41) is 3.00. The standard InChI is InChI=1S/C23H23NO2/c1-18-12-14-21(15-13-18)26-17-16-24-23(25)22(19-8-4-2-5-9-19)20-10-6-3-7-11-20/h2-15,22H,16-17H2,1H3,(H,24,25). The van der Waals surface area contributed by atoms with E-state index in [0.717, 1.165) is 16.9 Å². The average molecular weight is 345 g/mol. The topological polar surface area (TPSA) is 38.3 Å². The summed E-state index contributed by atoms with van der Waals surface area (Å²) in [5.41, 5.74) is 3.16. The smallest absolute Gasteiger partial charge is 0.232 e. The van der Waals surface area contributed by atoms with Crippen LogP contribution in [0.3, 0.4) is 0 Å². The molecule has 0 unspecified atom stereocenters. The van der Waals surface area contributed by atoms with Gasteiger partial charge in [-0.15, -0.1) is 0 Å². The Hall–Kier alpha value is -3.07. The normalized spacial score (nSPS) is 10.5. The van der Waals surface area contributed by atoms with Crippen LogP contribution in [0, 0.1) is 6.92 Å². The average Bonchev–Trinajstić information content (AvgIpc) is 2.68. The molecule has 0 aliphatic carbocycles. The van der Waals surface area contributed by atoms with Crippen LogP contribution < -0.4 is 10.1 Å². The Morgan fingerprint density at radius 3 is 1.92 bits per heavy atom. The van der Waals surface area contributed by atoms with Crippen LogP contribution in [0.4, 0.5) is 0 Å². The highest BCUT2D eigenvalue weighted by atomic mass is 16.5. The van der Waals surface area contributed by atoms with Gasteiger partial charge in [0.25, 0.3) is 0 Å². The SMILES string of the molecule is Cc1ccc(OCCNC(=O)C(c2ccccc2)c2ccccc2)cc1. The van der Waals surface area contributed by atoms with Gasteiger partial charge in [-0.1, -0.05) is 78.4 Å². The van der Waals surface area contributed by atoms with Crippen molar-refractivity contribution in [3.05, 3.63) is 102 Å². The highest BCUT2D eigenvalue weighted by molar-refractivity contribution is 5.87. The van der Waals surface area contributed by atoms with Crippen LogP contribution in [0.2, 0.25) is 0 Å². The molecule has 3 rings (SSSR count).